The minimum Gasteiger partial charge on any atom is -0.464 e. The van der Waals surface area contributed by atoms with Gasteiger partial charge < -0.3 is 14.6 Å². The topological polar surface area (TPSA) is 45.5 Å². The van der Waals surface area contributed by atoms with Gasteiger partial charge in [-0.25, -0.2) is 0 Å². The van der Waals surface area contributed by atoms with Gasteiger partial charge in [0.1, 0.15) is 11.5 Å². The maximum Gasteiger partial charge on any atom is 0.227 e. The molecule has 0 fully saturated rings. The Labute approximate surface area is 103 Å². The first kappa shape index (κ1) is 13.8. The Morgan fingerprint density at radius 2 is 2.24 bits per heavy atom. The molecule has 0 aromatic carbocycles. The Bertz CT molecular complexity index is 360. The van der Waals surface area contributed by atoms with Gasteiger partial charge in [0.25, 0.3) is 0 Å². The van der Waals surface area contributed by atoms with Crippen molar-refractivity contribution in [2.24, 2.45) is 5.92 Å². The van der Waals surface area contributed by atoms with Crippen LogP contribution in [-0.4, -0.2) is 31.4 Å². The number of nitrogens with one attached hydrogen (secondary N) is 1. The minimum absolute atomic E-state index is 0.0426. The van der Waals surface area contributed by atoms with Gasteiger partial charge in [-0.2, -0.15) is 0 Å². The van der Waals surface area contributed by atoms with E-state index in [1.54, 1.807) is 4.90 Å². The lowest BCUT2D eigenvalue weighted by molar-refractivity contribution is -0.134. The van der Waals surface area contributed by atoms with Gasteiger partial charge in [0.05, 0.1) is 12.5 Å². The molecule has 1 unspecified atom stereocenters. The molecule has 1 rings (SSSR count). The Morgan fingerprint density at radius 3 is 2.71 bits per heavy atom. The summed E-state index contributed by atoms with van der Waals surface area (Å²) in [6.45, 7) is 5.19. The van der Waals surface area contributed by atoms with Gasteiger partial charge >= 0.3 is 0 Å². The number of rotatable bonds is 6. The molecule has 0 saturated carbocycles. The molecule has 0 aliphatic carbocycles. The Balaban J connectivity index is 2.56. The summed E-state index contributed by atoms with van der Waals surface area (Å²) in [5, 5.41) is 3.05. The van der Waals surface area contributed by atoms with Crippen molar-refractivity contribution in [3.63, 3.8) is 0 Å². The standard InChI is InChI=1S/C13H22N2O2/c1-5-11(8-14-3)13(16)15(4)9-12-7-6-10(2)17-12/h6-7,11,14H,5,8-9H2,1-4H3. The Hall–Kier alpha value is -1.29. The molecule has 1 aromatic heterocycles. The quantitative estimate of drug-likeness (QED) is 0.822. The van der Waals surface area contributed by atoms with Crippen LogP contribution in [0.2, 0.25) is 0 Å². The summed E-state index contributed by atoms with van der Waals surface area (Å²) in [5.41, 5.74) is 0. The molecule has 0 aliphatic rings. The maximum absolute atomic E-state index is 12.1. The van der Waals surface area contributed by atoms with Crippen LogP contribution >= 0.6 is 0 Å². The number of hydrogen-bond acceptors (Lipinski definition) is 3. The average molecular weight is 238 g/mol. The smallest absolute Gasteiger partial charge is 0.227 e. The van der Waals surface area contributed by atoms with Crippen molar-refractivity contribution in [2.75, 3.05) is 20.6 Å². The molecular weight excluding hydrogens is 216 g/mol. The van der Waals surface area contributed by atoms with E-state index < -0.39 is 0 Å². The van der Waals surface area contributed by atoms with E-state index in [9.17, 15) is 4.79 Å². The zero-order valence-corrected chi connectivity index (χ0v) is 11.1. The van der Waals surface area contributed by atoms with Crippen LogP contribution < -0.4 is 5.32 Å². The molecule has 4 nitrogen and oxygen atoms in total. The van der Waals surface area contributed by atoms with Gasteiger partial charge in [-0.1, -0.05) is 6.92 Å². The predicted octanol–water partition coefficient (Wildman–Crippen LogP) is 1.79. The summed E-state index contributed by atoms with van der Waals surface area (Å²) >= 11 is 0. The fourth-order valence-electron chi connectivity index (χ4n) is 1.85. The monoisotopic (exact) mass is 238 g/mol. The van der Waals surface area contributed by atoms with Crippen molar-refractivity contribution >= 4 is 5.91 Å². The van der Waals surface area contributed by atoms with Crippen LogP contribution in [0.4, 0.5) is 0 Å². The van der Waals surface area contributed by atoms with Gasteiger partial charge in [0.15, 0.2) is 0 Å². The van der Waals surface area contributed by atoms with Crippen molar-refractivity contribution in [3.8, 4) is 0 Å². The van der Waals surface area contributed by atoms with Crippen LogP contribution in [-0.2, 0) is 11.3 Å². The molecule has 0 radical (unpaired) electrons. The van der Waals surface area contributed by atoms with E-state index in [-0.39, 0.29) is 11.8 Å². The fourth-order valence-corrected chi connectivity index (χ4v) is 1.85. The van der Waals surface area contributed by atoms with E-state index in [2.05, 4.69) is 5.32 Å². The number of aryl methyl sites for hydroxylation is 1. The molecule has 1 atom stereocenters. The number of furan rings is 1. The van der Waals surface area contributed by atoms with Crippen molar-refractivity contribution in [1.82, 2.24) is 10.2 Å². The molecule has 17 heavy (non-hydrogen) atoms. The number of amides is 1. The van der Waals surface area contributed by atoms with E-state index in [0.717, 1.165) is 24.5 Å². The largest absolute Gasteiger partial charge is 0.464 e. The number of nitrogens with zero attached hydrogens (tertiary/aromatic N) is 1. The van der Waals surface area contributed by atoms with Crippen LogP contribution in [0, 0.1) is 12.8 Å². The Morgan fingerprint density at radius 1 is 1.53 bits per heavy atom. The van der Waals surface area contributed by atoms with Crippen LogP contribution in [0.3, 0.4) is 0 Å². The van der Waals surface area contributed by atoms with Crippen LogP contribution in [0.15, 0.2) is 16.5 Å². The first-order valence-corrected chi connectivity index (χ1v) is 6.03. The molecule has 0 spiro atoms. The second kappa shape index (κ2) is 6.45. The van der Waals surface area contributed by atoms with Gasteiger partial charge in [-0.3, -0.25) is 4.79 Å². The van der Waals surface area contributed by atoms with Crippen molar-refractivity contribution in [2.45, 2.75) is 26.8 Å². The van der Waals surface area contributed by atoms with Gasteiger partial charge in [-0.15, -0.1) is 0 Å². The molecule has 0 bridgehead atoms. The highest BCUT2D eigenvalue weighted by molar-refractivity contribution is 5.78. The summed E-state index contributed by atoms with van der Waals surface area (Å²) in [4.78, 5) is 13.8. The third-order valence-corrected chi connectivity index (χ3v) is 2.86. The predicted molar refractivity (Wildman–Crippen MR) is 67.6 cm³/mol. The lowest BCUT2D eigenvalue weighted by Crippen LogP contribution is -2.36. The lowest BCUT2D eigenvalue weighted by atomic mass is 10.1. The summed E-state index contributed by atoms with van der Waals surface area (Å²) in [7, 11) is 3.68. The molecule has 1 heterocycles. The molecule has 0 saturated heterocycles. The van der Waals surface area contributed by atoms with Crippen molar-refractivity contribution in [3.05, 3.63) is 23.7 Å². The van der Waals surface area contributed by atoms with Crippen molar-refractivity contribution in [1.29, 1.82) is 0 Å². The highest BCUT2D eigenvalue weighted by atomic mass is 16.3. The zero-order chi connectivity index (χ0) is 12.8. The average Bonchev–Trinajstić information content (AvgIpc) is 2.70. The third-order valence-electron chi connectivity index (χ3n) is 2.86. The second-order valence-corrected chi connectivity index (χ2v) is 4.37. The second-order valence-electron chi connectivity index (χ2n) is 4.37. The summed E-state index contributed by atoms with van der Waals surface area (Å²) in [6, 6.07) is 3.83. The maximum atomic E-state index is 12.1. The highest BCUT2D eigenvalue weighted by Crippen LogP contribution is 2.12. The minimum atomic E-state index is 0.0426. The molecule has 1 N–H and O–H groups in total. The molecule has 0 aliphatic heterocycles. The zero-order valence-electron chi connectivity index (χ0n) is 11.1. The van der Waals surface area contributed by atoms with Crippen molar-refractivity contribution < 1.29 is 9.21 Å². The molecule has 4 heteroatoms. The van der Waals surface area contributed by atoms with E-state index in [0.29, 0.717) is 6.54 Å². The molecule has 1 aromatic rings. The normalized spacial score (nSPS) is 12.5. The van der Waals surface area contributed by atoms with Gasteiger partial charge in [0.2, 0.25) is 5.91 Å². The van der Waals surface area contributed by atoms with Crippen LogP contribution in [0.25, 0.3) is 0 Å². The summed E-state index contributed by atoms with van der Waals surface area (Å²) < 4.78 is 5.47. The first-order valence-electron chi connectivity index (χ1n) is 6.03. The molecular formula is C13H22N2O2. The first-order chi connectivity index (χ1) is 8.08. The van der Waals surface area contributed by atoms with E-state index in [1.165, 1.54) is 0 Å². The number of carbonyl (C=O) groups excluding carboxylic acids is 1. The van der Waals surface area contributed by atoms with E-state index >= 15 is 0 Å². The lowest BCUT2D eigenvalue weighted by Gasteiger charge is -2.22. The van der Waals surface area contributed by atoms with E-state index in [1.807, 2.05) is 40.1 Å². The summed E-state index contributed by atoms with van der Waals surface area (Å²) in [5.74, 6) is 1.91. The summed E-state index contributed by atoms with van der Waals surface area (Å²) in [6.07, 6.45) is 0.848. The molecule has 1 amide bonds. The van der Waals surface area contributed by atoms with Gasteiger partial charge in [-0.05, 0) is 32.5 Å². The van der Waals surface area contributed by atoms with Crippen LogP contribution in [0.1, 0.15) is 24.9 Å². The number of hydrogen-bond donors (Lipinski definition) is 1. The van der Waals surface area contributed by atoms with Gasteiger partial charge in [0, 0.05) is 13.6 Å². The number of carbonyl (C=O) groups is 1. The Kier molecular flexibility index (Phi) is 5.22. The van der Waals surface area contributed by atoms with E-state index in [4.69, 9.17) is 4.42 Å². The molecule has 96 valence electrons. The third kappa shape index (κ3) is 3.89. The highest BCUT2D eigenvalue weighted by Gasteiger charge is 2.20. The van der Waals surface area contributed by atoms with Crippen LogP contribution in [0.5, 0.6) is 0 Å². The fraction of sp³-hybridized carbons (Fsp3) is 0.615. The SMILES string of the molecule is CCC(CNC)C(=O)N(C)Cc1ccc(C)o1.